The SMILES string of the molecule is Cc1ccc(C(=O)NC(C)CCCC(C)C(=O)O)cc1. The van der Waals surface area contributed by atoms with Gasteiger partial charge in [-0.2, -0.15) is 0 Å². The molecule has 4 nitrogen and oxygen atoms in total. The summed E-state index contributed by atoms with van der Waals surface area (Å²) in [6.45, 7) is 5.63. The standard InChI is InChI=1S/C16H23NO3/c1-11-7-9-14(10-8-11)15(18)17-13(3)6-4-5-12(2)16(19)20/h7-10,12-13H,4-6H2,1-3H3,(H,17,18)(H,19,20). The summed E-state index contributed by atoms with van der Waals surface area (Å²) in [5.41, 5.74) is 1.78. The number of carboxylic acids is 1. The lowest BCUT2D eigenvalue weighted by atomic mass is 10.0. The van der Waals surface area contributed by atoms with Gasteiger partial charge in [-0.05, 0) is 38.8 Å². The van der Waals surface area contributed by atoms with Gasteiger partial charge in [0, 0.05) is 11.6 Å². The maximum Gasteiger partial charge on any atom is 0.306 e. The first-order valence-corrected chi connectivity index (χ1v) is 7.00. The van der Waals surface area contributed by atoms with Crippen molar-refractivity contribution < 1.29 is 14.7 Å². The topological polar surface area (TPSA) is 66.4 Å². The Labute approximate surface area is 120 Å². The number of hydrogen-bond acceptors (Lipinski definition) is 2. The maximum absolute atomic E-state index is 12.0. The third kappa shape index (κ3) is 5.43. The number of amides is 1. The van der Waals surface area contributed by atoms with Crippen LogP contribution < -0.4 is 5.32 Å². The maximum atomic E-state index is 12.0. The molecule has 0 aliphatic heterocycles. The molecule has 0 saturated heterocycles. The lowest BCUT2D eigenvalue weighted by Gasteiger charge is -2.14. The third-order valence-corrected chi connectivity index (χ3v) is 3.39. The Kier molecular flexibility index (Phi) is 6.22. The molecule has 4 heteroatoms. The van der Waals surface area contributed by atoms with Crippen LogP contribution in [0.3, 0.4) is 0 Å². The minimum Gasteiger partial charge on any atom is -0.481 e. The van der Waals surface area contributed by atoms with E-state index in [1.807, 2.05) is 38.1 Å². The number of aliphatic carboxylic acids is 1. The number of hydrogen-bond donors (Lipinski definition) is 2. The van der Waals surface area contributed by atoms with E-state index in [0.717, 1.165) is 18.4 Å². The molecule has 0 bridgehead atoms. The van der Waals surface area contributed by atoms with Crippen LogP contribution in [0.2, 0.25) is 0 Å². The van der Waals surface area contributed by atoms with Gasteiger partial charge in [-0.3, -0.25) is 9.59 Å². The summed E-state index contributed by atoms with van der Waals surface area (Å²) in [7, 11) is 0. The van der Waals surface area contributed by atoms with Crippen LogP contribution in [0.25, 0.3) is 0 Å². The lowest BCUT2D eigenvalue weighted by Crippen LogP contribution is -2.32. The van der Waals surface area contributed by atoms with E-state index in [-0.39, 0.29) is 17.9 Å². The molecule has 0 spiro atoms. The molecule has 110 valence electrons. The quantitative estimate of drug-likeness (QED) is 0.805. The van der Waals surface area contributed by atoms with Gasteiger partial charge in [0.2, 0.25) is 0 Å². The van der Waals surface area contributed by atoms with Crippen molar-refractivity contribution in [2.75, 3.05) is 0 Å². The van der Waals surface area contributed by atoms with Crippen LogP contribution in [0.5, 0.6) is 0 Å². The summed E-state index contributed by atoms with van der Waals surface area (Å²) < 4.78 is 0. The highest BCUT2D eigenvalue weighted by Gasteiger charge is 2.13. The molecule has 2 N–H and O–H groups in total. The second-order valence-corrected chi connectivity index (χ2v) is 5.41. The summed E-state index contributed by atoms with van der Waals surface area (Å²) in [6, 6.07) is 7.49. The molecule has 0 aromatic heterocycles. The molecule has 0 aliphatic carbocycles. The Balaban J connectivity index is 2.35. The Hall–Kier alpha value is -1.84. The Bertz CT molecular complexity index is 453. The minimum absolute atomic E-state index is 0.0461. The van der Waals surface area contributed by atoms with Crippen molar-refractivity contribution in [3.63, 3.8) is 0 Å². The molecule has 0 radical (unpaired) electrons. The molecule has 20 heavy (non-hydrogen) atoms. The second-order valence-electron chi connectivity index (χ2n) is 5.41. The Morgan fingerprint density at radius 1 is 1.15 bits per heavy atom. The van der Waals surface area contributed by atoms with E-state index in [9.17, 15) is 9.59 Å². The van der Waals surface area contributed by atoms with Gasteiger partial charge in [0.05, 0.1) is 5.92 Å². The van der Waals surface area contributed by atoms with Gasteiger partial charge in [0.15, 0.2) is 0 Å². The predicted molar refractivity (Wildman–Crippen MR) is 78.8 cm³/mol. The average Bonchev–Trinajstić information content (AvgIpc) is 2.39. The van der Waals surface area contributed by atoms with E-state index >= 15 is 0 Å². The fourth-order valence-electron chi connectivity index (χ4n) is 1.94. The Morgan fingerprint density at radius 2 is 1.75 bits per heavy atom. The van der Waals surface area contributed by atoms with E-state index in [4.69, 9.17) is 5.11 Å². The first-order chi connectivity index (χ1) is 9.40. The van der Waals surface area contributed by atoms with Gasteiger partial charge in [0.25, 0.3) is 5.91 Å². The van der Waals surface area contributed by atoms with Crippen LogP contribution >= 0.6 is 0 Å². The van der Waals surface area contributed by atoms with E-state index in [1.165, 1.54) is 0 Å². The second kappa shape index (κ2) is 7.68. The van der Waals surface area contributed by atoms with E-state index in [0.29, 0.717) is 12.0 Å². The average molecular weight is 277 g/mol. The first kappa shape index (κ1) is 16.2. The van der Waals surface area contributed by atoms with Crippen molar-refractivity contribution in [3.8, 4) is 0 Å². The molecule has 0 fully saturated rings. The molecule has 1 aromatic carbocycles. The zero-order valence-electron chi connectivity index (χ0n) is 12.3. The smallest absolute Gasteiger partial charge is 0.306 e. The molecule has 0 saturated carbocycles. The van der Waals surface area contributed by atoms with Gasteiger partial charge in [0.1, 0.15) is 0 Å². The number of carbonyl (C=O) groups excluding carboxylic acids is 1. The summed E-state index contributed by atoms with van der Waals surface area (Å²) in [5, 5.41) is 11.7. The van der Waals surface area contributed by atoms with Crippen LogP contribution in [-0.4, -0.2) is 23.0 Å². The van der Waals surface area contributed by atoms with Gasteiger partial charge in [-0.25, -0.2) is 0 Å². The summed E-state index contributed by atoms with van der Waals surface area (Å²) >= 11 is 0. The van der Waals surface area contributed by atoms with Crippen molar-refractivity contribution in [1.29, 1.82) is 0 Å². The first-order valence-electron chi connectivity index (χ1n) is 7.00. The Morgan fingerprint density at radius 3 is 2.30 bits per heavy atom. The molecule has 1 rings (SSSR count). The van der Waals surface area contributed by atoms with E-state index in [1.54, 1.807) is 6.92 Å². The number of aryl methyl sites for hydroxylation is 1. The lowest BCUT2D eigenvalue weighted by molar-refractivity contribution is -0.141. The molecular formula is C16H23NO3. The monoisotopic (exact) mass is 277 g/mol. The molecular weight excluding hydrogens is 254 g/mol. The number of carboxylic acid groups (broad SMARTS) is 1. The highest BCUT2D eigenvalue weighted by atomic mass is 16.4. The van der Waals surface area contributed by atoms with Crippen LogP contribution in [0.15, 0.2) is 24.3 Å². The third-order valence-electron chi connectivity index (χ3n) is 3.39. The van der Waals surface area contributed by atoms with Crippen molar-refractivity contribution >= 4 is 11.9 Å². The molecule has 1 amide bonds. The summed E-state index contributed by atoms with van der Waals surface area (Å²) in [5.74, 6) is -1.17. The van der Waals surface area contributed by atoms with Crippen molar-refractivity contribution in [1.82, 2.24) is 5.32 Å². The predicted octanol–water partition coefficient (Wildman–Crippen LogP) is 3.00. The van der Waals surface area contributed by atoms with E-state index < -0.39 is 5.97 Å². The van der Waals surface area contributed by atoms with E-state index in [2.05, 4.69) is 5.32 Å². The van der Waals surface area contributed by atoms with Crippen LogP contribution in [0.4, 0.5) is 0 Å². The zero-order valence-corrected chi connectivity index (χ0v) is 12.3. The van der Waals surface area contributed by atoms with Crippen molar-refractivity contribution in [3.05, 3.63) is 35.4 Å². The molecule has 2 atom stereocenters. The van der Waals surface area contributed by atoms with Gasteiger partial charge >= 0.3 is 5.97 Å². The fourth-order valence-corrected chi connectivity index (χ4v) is 1.94. The van der Waals surface area contributed by atoms with Crippen LogP contribution in [0, 0.1) is 12.8 Å². The summed E-state index contributed by atoms with van der Waals surface area (Å²) in [4.78, 5) is 22.7. The minimum atomic E-state index is -0.763. The molecule has 0 heterocycles. The van der Waals surface area contributed by atoms with Crippen molar-refractivity contribution in [2.24, 2.45) is 5.92 Å². The highest BCUT2D eigenvalue weighted by molar-refractivity contribution is 5.94. The van der Waals surface area contributed by atoms with Crippen molar-refractivity contribution in [2.45, 2.75) is 46.1 Å². The number of rotatable bonds is 7. The van der Waals surface area contributed by atoms with Crippen LogP contribution in [0.1, 0.15) is 49.0 Å². The number of benzene rings is 1. The molecule has 2 unspecified atom stereocenters. The van der Waals surface area contributed by atoms with Crippen LogP contribution in [-0.2, 0) is 4.79 Å². The normalized spacial score (nSPS) is 13.6. The zero-order chi connectivity index (χ0) is 15.1. The number of nitrogens with one attached hydrogen (secondary N) is 1. The highest BCUT2D eigenvalue weighted by Crippen LogP contribution is 2.10. The molecule has 0 aliphatic rings. The summed E-state index contributed by atoms with van der Waals surface area (Å²) in [6.07, 6.45) is 2.22. The fraction of sp³-hybridized carbons (Fsp3) is 0.500. The molecule has 1 aromatic rings. The van der Waals surface area contributed by atoms with Gasteiger partial charge < -0.3 is 10.4 Å². The number of carbonyl (C=O) groups is 2. The largest absolute Gasteiger partial charge is 0.481 e. The van der Waals surface area contributed by atoms with Gasteiger partial charge in [-0.15, -0.1) is 0 Å². The van der Waals surface area contributed by atoms with Gasteiger partial charge in [-0.1, -0.05) is 31.0 Å².